The van der Waals surface area contributed by atoms with Gasteiger partial charge in [-0.1, -0.05) is 13.8 Å². The molecule has 0 spiro atoms. The summed E-state index contributed by atoms with van der Waals surface area (Å²) in [4.78, 5) is 11.0. The van der Waals surface area contributed by atoms with E-state index in [9.17, 15) is 9.90 Å². The fourth-order valence-corrected chi connectivity index (χ4v) is 1.82. The van der Waals surface area contributed by atoms with Crippen molar-refractivity contribution in [1.29, 1.82) is 0 Å². The van der Waals surface area contributed by atoms with E-state index in [0.29, 0.717) is 18.9 Å². The maximum Gasteiger partial charge on any atom is 0.306 e. The first-order valence-electron chi connectivity index (χ1n) is 6.38. The summed E-state index contributed by atoms with van der Waals surface area (Å²) < 4.78 is 10.3. The monoisotopic (exact) mass is 262 g/mol. The van der Waals surface area contributed by atoms with Crippen molar-refractivity contribution in [1.82, 2.24) is 0 Å². The van der Waals surface area contributed by atoms with Crippen molar-refractivity contribution >= 4 is 5.97 Å². The number of aliphatic hydroxyl groups is 1. The number of ether oxygens (including phenoxy) is 2. The predicted molar refractivity (Wildman–Crippen MR) is 68.5 cm³/mol. The Morgan fingerprint density at radius 3 is 2.22 bits per heavy atom. The smallest absolute Gasteiger partial charge is 0.306 e. The van der Waals surface area contributed by atoms with Crippen LogP contribution in [0.25, 0.3) is 0 Å². The lowest BCUT2D eigenvalue weighted by Gasteiger charge is -2.20. The lowest BCUT2D eigenvalue weighted by Crippen LogP contribution is -2.28. The second-order valence-corrected chi connectivity index (χ2v) is 5.15. The molecule has 108 valence electrons. The molecule has 3 unspecified atom stereocenters. The highest BCUT2D eigenvalue weighted by molar-refractivity contribution is 5.69. The maximum absolute atomic E-state index is 11.0. The van der Waals surface area contributed by atoms with Gasteiger partial charge in [0.25, 0.3) is 0 Å². The molecule has 0 radical (unpaired) electrons. The Hall–Kier alpha value is -0.650. The molecule has 0 aromatic carbocycles. The van der Waals surface area contributed by atoms with Crippen LogP contribution in [0.5, 0.6) is 0 Å². The Labute approximate surface area is 109 Å². The maximum atomic E-state index is 11.0. The van der Waals surface area contributed by atoms with E-state index in [0.717, 1.165) is 0 Å². The van der Waals surface area contributed by atoms with Crippen LogP contribution in [0.15, 0.2) is 0 Å². The summed E-state index contributed by atoms with van der Waals surface area (Å²) in [5.41, 5.74) is 0. The highest BCUT2D eigenvalue weighted by Crippen LogP contribution is 2.18. The number of carboxylic acid groups (broad SMARTS) is 1. The van der Waals surface area contributed by atoms with Gasteiger partial charge in [-0.25, -0.2) is 0 Å². The molecule has 2 N–H and O–H groups in total. The number of hydrogen-bond acceptors (Lipinski definition) is 4. The molecule has 5 heteroatoms. The summed E-state index contributed by atoms with van der Waals surface area (Å²) in [6.45, 7) is 6.39. The summed E-state index contributed by atoms with van der Waals surface area (Å²) in [5.74, 6) is -1.07. The van der Waals surface area contributed by atoms with Crippen LogP contribution in [-0.2, 0) is 14.3 Å². The Morgan fingerprint density at radius 2 is 1.78 bits per heavy atom. The van der Waals surface area contributed by atoms with Gasteiger partial charge < -0.3 is 19.7 Å². The Morgan fingerprint density at radius 1 is 1.17 bits per heavy atom. The van der Waals surface area contributed by atoms with Crippen LogP contribution in [0.2, 0.25) is 0 Å². The molecule has 0 aliphatic heterocycles. The number of aliphatic carboxylic acids is 1. The molecule has 5 nitrogen and oxygen atoms in total. The molecule has 0 aliphatic rings. The minimum Gasteiger partial charge on any atom is -0.481 e. The number of carbonyl (C=O) groups is 1. The fourth-order valence-electron chi connectivity index (χ4n) is 1.82. The Kier molecular flexibility index (Phi) is 8.97. The van der Waals surface area contributed by atoms with Crippen LogP contribution >= 0.6 is 0 Å². The van der Waals surface area contributed by atoms with Gasteiger partial charge in [0, 0.05) is 7.11 Å². The highest BCUT2D eigenvalue weighted by Gasteiger charge is 2.22. The van der Waals surface area contributed by atoms with E-state index in [1.165, 1.54) is 0 Å². The second-order valence-electron chi connectivity index (χ2n) is 5.15. The van der Waals surface area contributed by atoms with E-state index in [-0.39, 0.29) is 19.1 Å². The fraction of sp³-hybridized carbons (Fsp3) is 0.923. The molecule has 0 aromatic heterocycles. The molecule has 0 saturated heterocycles. The van der Waals surface area contributed by atoms with Crippen molar-refractivity contribution in [2.24, 2.45) is 11.8 Å². The summed E-state index contributed by atoms with van der Waals surface area (Å²) in [5, 5.41) is 18.8. The van der Waals surface area contributed by atoms with E-state index >= 15 is 0 Å². The van der Waals surface area contributed by atoms with Gasteiger partial charge in [0.2, 0.25) is 0 Å². The summed E-state index contributed by atoms with van der Waals surface area (Å²) in [6.07, 6.45) is -0.0464. The lowest BCUT2D eigenvalue weighted by molar-refractivity contribution is -0.144. The lowest BCUT2D eigenvalue weighted by atomic mass is 9.92. The van der Waals surface area contributed by atoms with Crippen molar-refractivity contribution in [2.75, 3.05) is 20.3 Å². The van der Waals surface area contributed by atoms with Crippen LogP contribution in [0.1, 0.15) is 33.6 Å². The van der Waals surface area contributed by atoms with Crippen LogP contribution in [-0.4, -0.2) is 48.7 Å². The molecule has 0 rings (SSSR count). The molecule has 0 saturated carbocycles. The summed E-state index contributed by atoms with van der Waals surface area (Å²) in [7, 11) is 1.58. The zero-order valence-electron chi connectivity index (χ0n) is 11.8. The standard InChI is InChI=1S/C13H26O5/c1-9(2)5-11(13(15)16)6-12(14)8-18-10(3)7-17-4/h9-12,14H,5-8H2,1-4H3,(H,15,16). The third-order valence-electron chi connectivity index (χ3n) is 2.64. The zero-order chi connectivity index (χ0) is 14.1. The first kappa shape index (κ1) is 17.4. The van der Waals surface area contributed by atoms with E-state index in [1.54, 1.807) is 7.11 Å². The van der Waals surface area contributed by atoms with Crippen molar-refractivity contribution in [3.05, 3.63) is 0 Å². The van der Waals surface area contributed by atoms with Crippen LogP contribution in [0, 0.1) is 11.8 Å². The average molecular weight is 262 g/mol. The minimum atomic E-state index is -0.854. The van der Waals surface area contributed by atoms with Crippen LogP contribution in [0.4, 0.5) is 0 Å². The van der Waals surface area contributed by atoms with Crippen molar-refractivity contribution in [3.8, 4) is 0 Å². The minimum absolute atomic E-state index is 0.0990. The van der Waals surface area contributed by atoms with Crippen molar-refractivity contribution < 1.29 is 24.5 Å². The van der Waals surface area contributed by atoms with Gasteiger partial charge in [0.05, 0.1) is 31.3 Å². The summed E-state index contributed by atoms with van der Waals surface area (Å²) in [6, 6.07) is 0. The number of carboxylic acids is 1. The molecule has 0 aromatic rings. The second kappa shape index (κ2) is 9.30. The van der Waals surface area contributed by atoms with E-state index in [4.69, 9.17) is 14.6 Å². The Balaban J connectivity index is 4.01. The van der Waals surface area contributed by atoms with Gasteiger partial charge in [0.15, 0.2) is 0 Å². The number of methoxy groups -OCH3 is 1. The average Bonchev–Trinajstić information content (AvgIpc) is 2.25. The first-order valence-corrected chi connectivity index (χ1v) is 6.38. The third-order valence-corrected chi connectivity index (χ3v) is 2.64. The number of hydrogen-bond donors (Lipinski definition) is 2. The summed E-state index contributed by atoms with van der Waals surface area (Å²) >= 11 is 0. The zero-order valence-corrected chi connectivity index (χ0v) is 11.8. The molecule has 0 fully saturated rings. The molecule has 3 atom stereocenters. The van der Waals surface area contributed by atoms with E-state index in [1.807, 2.05) is 20.8 Å². The first-order chi connectivity index (χ1) is 8.36. The van der Waals surface area contributed by atoms with Gasteiger partial charge in [0.1, 0.15) is 0 Å². The van der Waals surface area contributed by atoms with Gasteiger partial charge in [-0.3, -0.25) is 4.79 Å². The number of rotatable bonds is 10. The van der Waals surface area contributed by atoms with Gasteiger partial charge in [-0.15, -0.1) is 0 Å². The normalized spacial score (nSPS) is 16.6. The molecule has 0 amide bonds. The molecular formula is C13H26O5. The molecule has 0 aliphatic carbocycles. The van der Waals surface area contributed by atoms with Gasteiger partial charge in [-0.05, 0) is 25.7 Å². The topological polar surface area (TPSA) is 76.0 Å². The van der Waals surface area contributed by atoms with Gasteiger partial charge >= 0.3 is 5.97 Å². The highest BCUT2D eigenvalue weighted by atomic mass is 16.5. The predicted octanol–water partition coefficient (Wildman–Crippen LogP) is 1.54. The largest absolute Gasteiger partial charge is 0.481 e. The molecule has 0 bridgehead atoms. The molecular weight excluding hydrogens is 236 g/mol. The van der Waals surface area contributed by atoms with Crippen molar-refractivity contribution in [3.63, 3.8) is 0 Å². The van der Waals surface area contributed by atoms with Crippen LogP contribution < -0.4 is 0 Å². The van der Waals surface area contributed by atoms with Crippen molar-refractivity contribution in [2.45, 2.75) is 45.8 Å². The van der Waals surface area contributed by atoms with Crippen LogP contribution in [0.3, 0.4) is 0 Å². The molecule has 0 heterocycles. The van der Waals surface area contributed by atoms with Gasteiger partial charge in [-0.2, -0.15) is 0 Å². The third kappa shape index (κ3) is 8.44. The van der Waals surface area contributed by atoms with E-state index in [2.05, 4.69) is 0 Å². The number of aliphatic hydroxyl groups excluding tert-OH is 1. The molecule has 18 heavy (non-hydrogen) atoms. The SMILES string of the molecule is COCC(C)OCC(O)CC(CC(C)C)C(=O)O. The Bertz CT molecular complexity index is 229. The quantitative estimate of drug-likeness (QED) is 0.624. The van der Waals surface area contributed by atoms with E-state index < -0.39 is 18.0 Å².